The first-order valence-electron chi connectivity index (χ1n) is 4.23. The molecule has 2 aromatic rings. The maximum Gasteiger partial charge on any atom is 0.146 e. The number of hydrogen-bond donors (Lipinski definition) is 0. The summed E-state index contributed by atoms with van der Waals surface area (Å²) in [5.74, 6) is 0.688. The van der Waals surface area contributed by atoms with Gasteiger partial charge in [0, 0.05) is 11.6 Å². The fourth-order valence-electron chi connectivity index (χ4n) is 1.12. The fourth-order valence-corrected chi connectivity index (χ4v) is 2.07. The summed E-state index contributed by atoms with van der Waals surface area (Å²) in [7, 11) is 0. The van der Waals surface area contributed by atoms with Crippen LogP contribution in [0.4, 0.5) is 0 Å². The lowest BCUT2D eigenvalue weighted by Crippen LogP contribution is -1.97. The molecule has 6 heteroatoms. The van der Waals surface area contributed by atoms with Crippen LogP contribution in [0.15, 0.2) is 16.0 Å². The van der Waals surface area contributed by atoms with Crippen LogP contribution in [0.25, 0.3) is 0 Å². The van der Waals surface area contributed by atoms with Crippen molar-refractivity contribution < 1.29 is 0 Å². The first-order chi connectivity index (χ1) is 7.15. The first-order valence-corrected chi connectivity index (χ1v) is 6.28. The van der Waals surface area contributed by atoms with Crippen molar-refractivity contribution in [3.8, 4) is 0 Å². The van der Waals surface area contributed by atoms with Gasteiger partial charge in [0.2, 0.25) is 0 Å². The maximum atomic E-state index is 5.87. The van der Waals surface area contributed by atoms with E-state index in [1.165, 1.54) is 0 Å². The summed E-state index contributed by atoms with van der Waals surface area (Å²) in [6.45, 7) is 1.98. The molecule has 0 unspecified atom stereocenters. The molecule has 0 fully saturated rings. The van der Waals surface area contributed by atoms with E-state index in [1.807, 2.05) is 12.3 Å². The van der Waals surface area contributed by atoms with E-state index in [0.717, 1.165) is 10.7 Å². The molecule has 0 saturated heterocycles. The van der Waals surface area contributed by atoms with E-state index in [-0.39, 0.29) is 0 Å². The number of nitrogens with zero attached hydrogens (tertiary/aromatic N) is 3. The van der Waals surface area contributed by atoms with Gasteiger partial charge >= 0.3 is 0 Å². The summed E-state index contributed by atoms with van der Waals surface area (Å²) in [4.78, 5) is 12.7. The Balaban J connectivity index is 2.21. The Morgan fingerprint density at radius 2 is 2.27 bits per heavy atom. The number of aryl methyl sites for hydroxylation is 1. The van der Waals surface area contributed by atoms with Gasteiger partial charge in [0.1, 0.15) is 11.0 Å². The summed E-state index contributed by atoms with van der Waals surface area (Å²) in [5, 5.41) is 3.49. The molecule has 0 spiro atoms. The Hall–Kier alpha value is -0.520. The molecule has 0 aliphatic heterocycles. The van der Waals surface area contributed by atoms with Gasteiger partial charge in [0.15, 0.2) is 0 Å². The number of hydrogen-bond acceptors (Lipinski definition) is 4. The standard InChI is InChI=1S/C9H7BrClN3S/c1-5-13-6(4-15-5)2-8-12-3-7(10)9(11)14-8/h3-4H,2H2,1H3. The van der Waals surface area contributed by atoms with Gasteiger partial charge in [-0.05, 0) is 22.9 Å². The third-order valence-electron chi connectivity index (χ3n) is 1.76. The van der Waals surface area contributed by atoms with Gasteiger partial charge in [-0.3, -0.25) is 0 Å². The molecule has 0 aliphatic carbocycles. The maximum absolute atomic E-state index is 5.87. The SMILES string of the molecule is Cc1nc(Cc2ncc(Br)c(Cl)n2)cs1. The first kappa shape index (κ1) is 11.0. The highest BCUT2D eigenvalue weighted by Crippen LogP contribution is 2.19. The van der Waals surface area contributed by atoms with Crippen LogP contribution < -0.4 is 0 Å². The van der Waals surface area contributed by atoms with Crippen LogP contribution in [0.2, 0.25) is 5.15 Å². The topological polar surface area (TPSA) is 38.7 Å². The average molecular weight is 305 g/mol. The van der Waals surface area contributed by atoms with Crippen molar-refractivity contribution >= 4 is 38.9 Å². The lowest BCUT2D eigenvalue weighted by atomic mass is 10.3. The Labute approximate surface area is 105 Å². The van der Waals surface area contributed by atoms with Crippen LogP contribution in [0.3, 0.4) is 0 Å². The summed E-state index contributed by atoms with van der Waals surface area (Å²) in [5.41, 5.74) is 0.982. The zero-order valence-corrected chi connectivity index (χ0v) is 11.0. The zero-order chi connectivity index (χ0) is 10.8. The van der Waals surface area contributed by atoms with Crippen molar-refractivity contribution in [1.82, 2.24) is 15.0 Å². The molecule has 2 rings (SSSR count). The zero-order valence-electron chi connectivity index (χ0n) is 7.87. The van der Waals surface area contributed by atoms with Crippen LogP contribution >= 0.6 is 38.9 Å². The van der Waals surface area contributed by atoms with Gasteiger partial charge in [0.05, 0.1) is 21.6 Å². The van der Waals surface area contributed by atoms with Gasteiger partial charge in [-0.25, -0.2) is 15.0 Å². The van der Waals surface area contributed by atoms with E-state index >= 15 is 0 Å². The van der Waals surface area contributed by atoms with Crippen LogP contribution in [0.1, 0.15) is 16.5 Å². The number of rotatable bonds is 2. The highest BCUT2D eigenvalue weighted by molar-refractivity contribution is 9.10. The number of halogens is 2. The molecule has 15 heavy (non-hydrogen) atoms. The smallest absolute Gasteiger partial charge is 0.146 e. The van der Waals surface area contributed by atoms with E-state index in [2.05, 4.69) is 30.9 Å². The molecule has 0 aliphatic rings. The molecule has 0 bridgehead atoms. The number of thiazole rings is 1. The van der Waals surface area contributed by atoms with Crippen LogP contribution in [0.5, 0.6) is 0 Å². The minimum absolute atomic E-state index is 0.437. The quantitative estimate of drug-likeness (QED) is 0.800. The summed E-state index contributed by atoms with van der Waals surface area (Å²) >= 11 is 10.7. The second-order valence-corrected chi connectivity index (χ2v) is 5.23. The Morgan fingerprint density at radius 1 is 1.47 bits per heavy atom. The molecule has 78 valence electrons. The summed E-state index contributed by atoms with van der Waals surface area (Å²) < 4.78 is 0.711. The van der Waals surface area contributed by atoms with E-state index < -0.39 is 0 Å². The largest absolute Gasteiger partial charge is 0.246 e. The van der Waals surface area contributed by atoms with Gasteiger partial charge in [-0.1, -0.05) is 11.6 Å². The summed E-state index contributed by atoms with van der Waals surface area (Å²) in [6.07, 6.45) is 2.28. The highest BCUT2D eigenvalue weighted by Gasteiger charge is 2.05. The van der Waals surface area contributed by atoms with Crippen molar-refractivity contribution in [2.24, 2.45) is 0 Å². The molecule has 0 N–H and O–H groups in total. The minimum Gasteiger partial charge on any atom is -0.246 e. The molecule has 3 nitrogen and oxygen atoms in total. The minimum atomic E-state index is 0.437. The third-order valence-corrected chi connectivity index (χ3v) is 3.68. The van der Waals surface area contributed by atoms with Crippen molar-refractivity contribution in [3.05, 3.63) is 37.7 Å². The van der Waals surface area contributed by atoms with Gasteiger partial charge in [-0.15, -0.1) is 11.3 Å². The average Bonchev–Trinajstić information content (AvgIpc) is 2.58. The second-order valence-electron chi connectivity index (χ2n) is 2.96. The lowest BCUT2D eigenvalue weighted by molar-refractivity contribution is 0.935. The van der Waals surface area contributed by atoms with Gasteiger partial charge in [0.25, 0.3) is 0 Å². The second kappa shape index (κ2) is 4.55. The highest BCUT2D eigenvalue weighted by atomic mass is 79.9. The molecule has 0 saturated carbocycles. The third kappa shape index (κ3) is 2.74. The molecular formula is C9H7BrClN3S. The van der Waals surface area contributed by atoms with Crippen molar-refractivity contribution in [2.75, 3.05) is 0 Å². The van der Waals surface area contributed by atoms with Crippen molar-refractivity contribution in [3.63, 3.8) is 0 Å². The van der Waals surface area contributed by atoms with Gasteiger partial charge < -0.3 is 0 Å². The Morgan fingerprint density at radius 3 is 2.87 bits per heavy atom. The van der Waals surface area contributed by atoms with Crippen LogP contribution in [-0.2, 0) is 6.42 Å². The summed E-state index contributed by atoms with van der Waals surface area (Å²) in [6, 6.07) is 0. The molecule has 0 aromatic carbocycles. The molecule has 2 aromatic heterocycles. The molecule has 0 amide bonds. The molecular weight excluding hydrogens is 298 g/mol. The van der Waals surface area contributed by atoms with E-state index in [0.29, 0.717) is 21.9 Å². The normalized spacial score (nSPS) is 10.6. The molecule has 2 heterocycles. The van der Waals surface area contributed by atoms with E-state index in [9.17, 15) is 0 Å². The predicted molar refractivity (Wildman–Crippen MR) is 64.4 cm³/mol. The lowest BCUT2D eigenvalue weighted by Gasteiger charge is -1.98. The monoisotopic (exact) mass is 303 g/mol. The predicted octanol–water partition coefficient (Wildman–Crippen LogP) is 3.25. The van der Waals surface area contributed by atoms with Crippen molar-refractivity contribution in [2.45, 2.75) is 13.3 Å². The van der Waals surface area contributed by atoms with E-state index in [4.69, 9.17) is 11.6 Å². The van der Waals surface area contributed by atoms with E-state index in [1.54, 1.807) is 17.5 Å². The molecule has 0 atom stereocenters. The van der Waals surface area contributed by atoms with Crippen LogP contribution in [0, 0.1) is 6.92 Å². The van der Waals surface area contributed by atoms with Crippen molar-refractivity contribution in [1.29, 1.82) is 0 Å². The Bertz CT molecular complexity index is 486. The molecule has 0 radical (unpaired) electrons. The Kier molecular flexibility index (Phi) is 3.33. The number of aromatic nitrogens is 3. The fraction of sp³-hybridized carbons (Fsp3) is 0.222. The van der Waals surface area contributed by atoms with Crippen LogP contribution in [-0.4, -0.2) is 15.0 Å². The van der Waals surface area contributed by atoms with Gasteiger partial charge in [-0.2, -0.15) is 0 Å².